The number of Topliss-reactive ketones (excluding diaryl/α,β-unsaturated/α-hetero) is 1. The summed E-state index contributed by atoms with van der Waals surface area (Å²) >= 11 is 0. The number of carbonyl (C=O) groups excluding carboxylic acids is 3. The zero-order valence-corrected chi connectivity index (χ0v) is 14.8. The van der Waals surface area contributed by atoms with E-state index in [2.05, 4.69) is 0 Å². The summed E-state index contributed by atoms with van der Waals surface area (Å²) in [4.78, 5) is 37.8. The third kappa shape index (κ3) is 4.18. The molecule has 0 aromatic heterocycles. The summed E-state index contributed by atoms with van der Waals surface area (Å²) in [6.07, 6.45) is -0.959. The highest BCUT2D eigenvalue weighted by Gasteiger charge is 2.24. The van der Waals surface area contributed by atoms with Crippen LogP contribution in [-0.2, 0) is 4.74 Å². The quantitative estimate of drug-likeness (QED) is 0.486. The Kier molecular flexibility index (Phi) is 5.57. The van der Waals surface area contributed by atoms with Gasteiger partial charge in [-0.15, -0.1) is 0 Å². The lowest BCUT2D eigenvalue weighted by Gasteiger charge is -2.14. The van der Waals surface area contributed by atoms with Gasteiger partial charge in [-0.05, 0) is 13.0 Å². The van der Waals surface area contributed by atoms with Gasteiger partial charge < -0.3 is 4.74 Å². The molecule has 0 saturated carbocycles. The second-order valence-electron chi connectivity index (χ2n) is 6.02. The van der Waals surface area contributed by atoms with E-state index in [1.165, 1.54) is 13.0 Å². The van der Waals surface area contributed by atoms with Gasteiger partial charge in [0.25, 0.3) is 0 Å². The van der Waals surface area contributed by atoms with Crippen LogP contribution in [0.2, 0.25) is 0 Å². The zero-order chi connectivity index (χ0) is 19.2. The lowest BCUT2D eigenvalue weighted by atomic mass is 9.98. The van der Waals surface area contributed by atoms with E-state index in [9.17, 15) is 14.4 Å². The molecular formula is C23H18O4. The fraction of sp³-hybridized carbons (Fsp3) is 0.0870. The number of ketones is 2. The van der Waals surface area contributed by atoms with Gasteiger partial charge in [0, 0.05) is 16.7 Å². The van der Waals surface area contributed by atoms with E-state index in [-0.39, 0.29) is 22.7 Å². The number of rotatable bonds is 6. The molecule has 0 aliphatic rings. The normalized spacial score (nSPS) is 11.4. The van der Waals surface area contributed by atoms with Crippen molar-refractivity contribution in [1.29, 1.82) is 0 Å². The van der Waals surface area contributed by atoms with Gasteiger partial charge in [0.15, 0.2) is 11.9 Å². The van der Waals surface area contributed by atoms with Crippen molar-refractivity contribution in [2.45, 2.75) is 13.0 Å². The van der Waals surface area contributed by atoms with E-state index >= 15 is 0 Å². The van der Waals surface area contributed by atoms with Crippen LogP contribution < -0.4 is 0 Å². The molecule has 27 heavy (non-hydrogen) atoms. The molecule has 0 saturated heterocycles. The summed E-state index contributed by atoms with van der Waals surface area (Å²) in [6.45, 7) is 1.52. The first kappa shape index (κ1) is 18.3. The Labute approximate surface area is 157 Å². The van der Waals surface area contributed by atoms with Crippen molar-refractivity contribution < 1.29 is 19.1 Å². The van der Waals surface area contributed by atoms with Crippen LogP contribution in [0.15, 0.2) is 84.9 Å². The smallest absolute Gasteiger partial charge is 0.339 e. The third-order valence-corrected chi connectivity index (χ3v) is 4.14. The predicted molar refractivity (Wildman–Crippen MR) is 102 cm³/mol. The van der Waals surface area contributed by atoms with Crippen LogP contribution in [-0.4, -0.2) is 23.6 Å². The molecule has 3 rings (SSSR count). The number of hydrogen-bond donors (Lipinski definition) is 0. The number of hydrogen-bond acceptors (Lipinski definition) is 4. The highest BCUT2D eigenvalue weighted by atomic mass is 16.5. The van der Waals surface area contributed by atoms with Crippen molar-refractivity contribution in [2.24, 2.45) is 0 Å². The summed E-state index contributed by atoms with van der Waals surface area (Å²) in [5, 5.41) is 0. The molecule has 0 aliphatic carbocycles. The van der Waals surface area contributed by atoms with Crippen molar-refractivity contribution in [1.82, 2.24) is 0 Å². The summed E-state index contributed by atoms with van der Waals surface area (Å²) in [6, 6.07) is 23.8. The maximum absolute atomic E-state index is 12.7. The Morgan fingerprint density at radius 1 is 0.667 bits per heavy atom. The Hall–Kier alpha value is -3.53. The molecule has 1 unspecified atom stereocenters. The van der Waals surface area contributed by atoms with Crippen molar-refractivity contribution in [2.75, 3.05) is 0 Å². The number of esters is 1. The molecule has 3 aromatic carbocycles. The van der Waals surface area contributed by atoms with Gasteiger partial charge in [0.1, 0.15) is 0 Å². The van der Waals surface area contributed by atoms with Crippen molar-refractivity contribution in [3.8, 4) is 0 Å². The molecule has 3 aromatic rings. The van der Waals surface area contributed by atoms with Gasteiger partial charge in [0.05, 0.1) is 5.56 Å². The third-order valence-electron chi connectivity index (χ3n) is 4.14. The largest absolute Gasteiger partial charge is 0.451 e. The molecule has 0 fully saturated rings. The molecule has 0 spiro atoms. The standard InChI is InChI=1S/C23H18O4/c1-16(21(24)17-10-4-2-5-11-17)27-23(26)20-15-9-8-14-19(20)22(25)18-12-6-3-7-13-18/h2-16H,1H3. The van der Waals surface area contributed by atoms with Crippen molar-refractivity contribution in [3.05, 3.63) is 107 Å². The lowest BCUT2D eigenvalue weighted by Crippen LogP contribution is -2.25. The SMILES string of the molecule is CC(OC(=O)c1ccccc1C(=O)c1ccccc1)C(=O)c1ccccc1. The first-order valence-corrected chi connectivity index (χ1v) is 8.57. The zero-order valence-electron chi connectivity index (χ0n) is 14.8. The van der Waals surface area contributed by atoms with Crippen LogP contribution in [0, 0.1) is 0 Å². The summed E-state index contributed by atoms with van der Waals surface area (Å²) in [5.41, 5.74) is 1.32. The molecule has 134 valence electrons. The second-order valence-corrected chi connectivity index (χ2v) is 6.02. The van der Waals surface area contributed by atoms with E-state index in [1.54, 1.807) is 72.8 Å². The fourth-order valence-electron chi connectivity index (χ4n) is 2.72. The molecule has 0 amide bonds. The summed E-state index contributed by atoms with van der Waals surface area (Å²) < 4.78 is 5.34. The number of ether oxygens (including phenoxy) is 1. The predicted octanol–water partition coefficient (Wildman–Crippen LogP) is 4.35. The molecule has 0 radical (unpaired) electrons. The highest BCUT2D eigenvalue weighted by molar-refractivity contribution is 6.14. The van der Waals surface area contributed by atoms with Crippen LogP contribution in [0.5, 0.6) is 0 Å². The lowest BCUT2D eigenvalue weighted by molar-refractivity contribution is 0.0317. The van der Waals surface area contributed by atoms with Crippen LogP contribution in [0.25, 0.3) is 0 Å². The molecule has 0 bridgehead atoms. The van der Waals surface area contributed by atoms with E-state index in [1.807, 2.05) is 6.07 Å². The minimum Gasteiger partial charge on any atom is -0.451 e. The van der Waals surface area contributed by atoms with Gasteiger partial charge >= 0.3 is 5.97 Å². The van der Waals surface area contributed by atoms with Gasteiger partial charge in [-0.25, -0.2) is 4.79 Å². The minimum absolute atomic E-state index is 0.138. The molecule has 4 nitrogen and oxygen atoms in total. The van der Waals surface area contributed by atoms with E-state index in [4.69, 9.17) is 4.74 Å². The van der Waals surface area contributed by atoms with Crippen molar-refractivity contribution in [3.63, 3.8) is 0 Å². The average Bonchev–Trinajstić information content (AvgIpc) is 2.73. The first-order chi connectivity index (χ1) is 13.1. The maximum Gasteiger partial charge on any atom is 0.339 e. The average molecular weight is 358 g/mol. The monoisotopic (exact) mass is 358 g/mol. The summed E-state index contributed by atoms with van der Waals surface area (Å²) in [5.74, 6) is -1.27. The number of carbonyl (C=O) groups is 3. The van der Waals surface area contributed by atoms with Crippen LogP contribution in [0.3, 0.4) is 0 Å². The topological polar surface area (TPSA) is 60.4 Å². The van der Waals surface area contributed by atoms with Gasteiger partial charge in [-0.2, -0.15) is 0 Å². The van der Waals surface area contributed by atoms with Gasteiger partial charge in [-0.1, -0.05) is 78.9 Å². The molecule has 0 aliphatic heterocycles. The molecule has 4 heteroatoms. The van der Waals surface area contributed by atoms with Crippen LogP contribution in [0.1, 0.15) is 43.6 Å². The number of benzene rings is 3. The minimum atomic E-state index is -0.959. The van der Waals surface area contributed by atoms with Crippen LogP contribution in [0.4, 0.5) is 0 Å². The Balaban J connectivity index is 1.81. The maximum atomic E-state index is 12.7. The molecule has 0 heterocycles. The Morgan fingerprint density at radius 2 is 1.15 bits per heavy atom. The Morgan fingerprint density at radius 3 is 1.74 bits per heavy atom. The van der Waals surface area contributed by atoms with E-state index < -0.39 is 12.1 Å². The van der Waals surface area contributed by atoms with Gasteiger partial charge in [-0.3, -0.25) is 9.59 Å². The fourth-order valence-corrected chi connectivity index (χ4v) is 2.72. The molecule has 0 N–H and O–H groups in total. The van der Waals surface area contributed by atoms with E-state index in [0.29, 0.717) is 11.1 Å². The first-order valence-electron chi connectivity index (χ1n) is 8.57. The van der Waals surface area contributed by atoms with Gasteiger partial charge in [0.2, 0.25) is 5.78 Å². The van der Waals surface area contributed by atoms with E-state index in [0.717, 1.165) is 0 Å². The highest BCUT2D eigenvalue weighted by Crippen LogP contribution is 2.17. The van der Waals surface area contributed by atoms with Crippen LogP contribution >= 0.6 is 0 Å². The molecular weight excluding hydrogens is 340 g/mol. The summed E-state index contributed by atoms with van der Waals surface area (Å²) in [7, 11) is 0. The second kappa shape index (κ2) is 8.23. The Bertz CT molecular complexity index is 962. The van der Waals surface area contributed by atoms with Crippen molar-refractivity contribution >= 4 is 17.5 Å². The molecule has 1 atom stereocenters.